The van der Waals surface area contributed by atoms with Crippen molar-refractivity contribution in [2.24, 2.45) is 0 Å². The minimum Gasteiger partial charge on any atom is -0.310 e. The first kappa shape index (κ1) is 11.5. The van der Waals surface area contributed by atoms with Crippen molar-refractivity contribution in [2.45, 2.75) is 6.92 Å². The predicted molar refractivity (Wildman–Crippen MR) is 71.7 cm³/mol. The Hall–Kier alpha value is -2.63. The maximum atomic E-state index is 11.0. The first-order valence-electron chi connectivity index (χ1n) is 5.93. The highest BCUT2D eigenvalue weighted by Crippen LogP contribution is 2.18. The Balaban J connectivity index is 1.82. The van der Waals surface area contributed by atoms with Gasteiger partial charge >= 0.3 is 0 Å². The van der Waals surface area contributed by atoms with Crippen molar-refractivity contribution in [1.82, 2.24) is 20.4 Å². The van der Waals surface area contributed by atoms with Crippen LogP contribution in [0.2, 0.25) is 0 Å². The number of amides is 1. The minimum atomic E-state index is -0.101. The van der Waals surface area contributed by atoms with Crippen molar-refractivity contribution in [2.75, 3.05) is 11.6 Å². The fourth-order valence-corrected chi connectivity index (χ4v) is 1.93. The van der Waals surface area contributed by atoms with Crippen molar-refractivity contribution in [3.05, 3.63) is 42.9 Å². The fourth-order valence-electron chi connectivity index (χ4n) is 1.93. The van der Waals surface area contributed by atoms with Crippen molar-refractivity contribution in [1.29, 1.82) is 0 Å². The van der Waals surface area contributed by atoms with Gasteiger partial charge in [0.25, 0.3) is 0 Å². The monoisotopic (exact) mass is 255 g/mol. The molecular formula is C13H13N5O. The summed E-state index contributed by atoms with van der Waals surface area (Å²) in [6.07, 6.45) is 5.37. The Labute approximate surface area is 110 Å². The van der Waals surface area contributed by atoms with Crippen molar-refractivity contribution in [3.63, 3.8) is 0 Å². The summed E-state index contributed by atoms with van der Waals surface area (Å²) in [6.45, 7) is 2.00. The average molecular weight is 255 g/mol. The summed E-state index contributed by atoms with van der Waals surface area (Å²) in [4.78, 5) is 21.8. The second-order valence-corrected chi connectivity index (χ2v) is 4.26. The van der Waals surface area contributed by atoms with Crippen molar-refractivity contribution in [3.8, 4) is 0 Å². The number of fused-ring (bicyclic) bond motifs is 1. The molecule has 1 aromatic carbocycles. The lowest BCUT2D eigenvalue weighted by atomic mass is 10.3. The number of nitrogens with one attached hydrogen (secondary N) is 1. The molecule has 0 bridgehead atoms. The molecule has 19 heavy (non-hydrogen) atoms. The van der Waals surface area contributed by atoms with E-state index in [0.29, 0.717) is 6.67 Å². The Kier molecular flexibility index (Phi) is 2.75. The number of carbonyl (C=O) groups is 1. The maximum absolute atomic E-state index is 11.0. The number of hydrogen-bond acceptors (Lipinski definition) is 5. The van der Waals surface area contributed by atoms with E-state index in [1.807, 2.05) is 35.4 Å². The molecule has 1 aliphatic heterocycles. The molecule has 0 fully saturated rings. The van der Waals surface area contributed by atoms with E-state index in [9.17, 15) is 4.79 Å². The smallest absolute Gasteiger partial charge is 0.235 e. The Morgan fingerprint density at radius 2 is 2.05 bits per heavy atom. The molecule has 96 valence electrons. The average Bonchev–Trinajstić information content (AvgIpc) is 2.86. The van der Waals surface area contributed by atoms with Gasteiger partial charge in [0.2, 0.25) is 5.91 Å². The minimum absolute atomic E-state index is 0.101. The van der Waals surface area contributed by atoms with Gasteiger partial charge in [0.15, 0.2) is 5.82 Å². The largest absolute Gasteiger partial charge is 0.310 e. The van der Waals surface area contributed by atoms with Gasteiger partial charge in [0.1, 0.15) is 6.67 Å². The molecular weight excluding hydrogens is 242 g/mol. The van der Waals surface area contributed by atoms with E-state index in [1.165, 1.54) is 6.92 Å². The molecule has 0 unspecified atom stereocenters. The Bertz CT molecular complexity index is 654. The van der Waals surface area contributed by atoms with Crippen LogP contribution in [-0.4, -0.2) is 27.6 Å². The predicted octanol–water partition coefficient (Wildman–Crippen LogP) is 1.23. The van der Waals surface area contributed by atoms with Gasteiger partial charge in [-0.3, -0.25) is 20.2 Å². The van der Waals surface area contributed by atoms with Crippen molar-refractivity contribution < 1.29 is 4.79 Å². The molecule has 6 heteroatoms. The molecule has 1 N–H and O–H groups in total. The third kappa shape index (κ3) is 2.33. The van der Waals surface area contributed by atoms with Crippen LogP contribution in [0.15, 0.2) is 42.9 Å². The molecule has 0 aliphatic carbocycles. The van der Waals surface area contributed by atoms with Crippen LogP contribution in [0.1, 0.15) is 6.92 Å². The standard InChI is InChI=1S/C13H13N5O/c1-10(19)16-18-7-6-17(9-18)13-8-14-11-4-2-3-5-12(11)15-13/h2-8H,9H2,1H3,(H,16,19). The molecule has 1 aromatic heterocycles. The molecule has 0 saturated carbocycles. The van der Waals surface area contributed by atoms with Gasteiger partial charge in [-0.05, 0) is 12.1 Å². The fraction of sp³-hybridized carbons (Fsp3) is 0.154. The highest BCUT2D eigenvalue weighted by atomic mass is 16.2. The normalized spacial score (nSPS) is 14.2. The molecule has 0 radical (unpaired) electrons. The first-order chi connectivity index (χ1) is 9.22. The van der Waals surface area contributed by atoms with Crippen LogP contribution in [0.4, 0.5) is 5.82 Å². The maximum Gasteiger partial charge on any atom is 0.235 e. The van der Waals surface area contributed by atoms with Gasteiger partial charge in [-0.15, -0.1) is 0 Å². The molecule has 0 spiro atoms. The van der Waals surface area contributed by atoms with Crippen LogP contribution < -0.4 is 10.3 Å². The molecule has 2 heterocycles. The lowest BCUT2D eigenvalue weighted by Gasteiger charge is -2.20. The Morgan fingerprint density at radius 3 is 2.84 bits per heavy atom. The van der Waals surface area contributed by atoms with Crippen molar-refractivity contribution >= 4 is 22.8 Å². The first-order valence-corrected chi connectivity index (χ1v) is 5.93. The summed E-state index contributed by atoms with van der Waals surface area (Å²) in [6, 6.07) is 7.72. The zero-order valence-electron chi connectivity index (χ0n) is 10.4. The number of para-hydroxylation sites is 2. The number of hydrogen-bond donors (Lipinski definition) is 1. The summed E-state index contributed by atoms with van der Waals surface area (Å²) in [7, 11) is 0. The molecule has 2 aromatic rings. The highest BCUT2D eigenvalue weighted by molar-refractivity contribution is 5.75. The van der Waals surface area contributed by atoms with E-state index in [0.717, 1.165) is 16.9 Å². The van der Waals surface area contributed by atoms with E-state index >= 15 is 0 Å². The van der Waals surface area contributed by atoms with Crippen LogP contribution in [0, 0.1) is 0 Å². The van der Waals surface area contributed by atoms with Crippen LogP contribution in [-0.2, 0) is 4.79 Å². The summed E-state index contributed by atoms with van der Waals surface area (Å²) in [5.74, 6) is 0.652. The summed E-state index contributed by atoms with van der Waals surface area (Å²) < 4.78 is 0. The number of carbonyl (C=O) groups excluding carboxylic acids is 1. The van der Waals surface area contributed by atoms with Gasteiger partial charge < -0.3 is 4.90 Å². The van der Waals surface area contributed by atoms with Crippen LogP contribution in [0.3, 0.4) is 0 Å². The zero-order valence-corrected chi connectivity index (χ0v) is 10.4. The molecule has 0 atom stereocenters. The summed E-state index contributed by atoms with van der Waals surface area (Å²) >= 11 is 0. The number of nitrogens with zero attached hydrogens (tertiary/aromatic N) is 4. The number of hydrazine groups is 1. The van der Waals surface area contributed by atoms with Gasteiger partial charge in [0.05, 0.1) is 17.2 Å². The highest BCUT2D eigenvalue weighted by Gasteiger charge is 2.16. The Morgan fingerprint density at radius 1 is 1.26 bits per heavy atom. The SMILES string of the molecule is CC(=O)NN1C=CN(c2cnc3ccccc3n2)C1. The third-order valence-electron chi connectivity index (χ3n) is 2.76. The van der Waals surface area contributed by atoms with Gasteiger partial charge in [-0.2, -0.15) is 0 Å². The lowest BCUT2D eigenvalue weighted by molar-refractivity contribution is -0.122. The van der Waals surface area contributed by atoms with Crippen LogP contribution >= 0.6 is 0 Å². The quantitative estimate of drug-likeness (QED) is 0.874. The van der Waals surface area contributed by atoms with Gasteiger partial charge in [-0.25, -0.2) is 4.98 Å². The summed E-state index contributed by atoms with van der Waals surface area (Å²) in [5.41, 5.74) is 4.42. The van der Waals surface area contributed by atoms with Crippen LogP contribution in [0.25, 0.3) is 11.0 Å². The van der Waals surface area contributed by atoms with E-state index in [2.05, 4.69) is 15.4 Å². The summed E-state index contributed by atoms with van der Waals surface area (Å²) in [5, 5.41) is 1.69. The second kappa shape index (κ2) is 4.56. The number of benzene rings is 1. The third-order valence-corrected chi connectivity index (χ3v) is 2.76. The molecule has 3 rings (SSSR count). The van der Waals surface area contributed by atoms with Crippen LogP contribution in [0.5, 0.6) is 0 Å². The second-order valence-electron chi connectivity index (χ2n) is 4.26. The number of anilines is 1. The zero-order chi connectivity index (χ0) is 13.2. The molecule has 0 saturated heterocycles. The van der Waals surface area contributed by atoms with Gasteiger partial charge in [-0.1, -0.05) is 12.1 Å². The molecule has 6 nitrogen and oxygen atoms in total. The van der Waals surface area contributed by atoms with Gasteiger partial charge in [0, 0.05) is 19.3 Å². The van der Waals surface area contributed by atoms with E-state index in [1.54, 1.807) is 17.4 Å². The van der Waals surface area contributed by atoms with E-state index in [4.69, 9.17) is 0 Å². The number of rotatable bonds is 2. The van der Waals surface area contributed by atoms with E-state index < -0.39 is 0 Å². The lowest BCUT2D eigenvalue weighted by Crippen LogP contribution is -2.39. The molecule has 1 amide bonds. The van der Waals surface area contributed by atoms with E-state index in [-0.39, 0.29) is 5.91 Å². The molecule has 1 aliphatic rings. The number of aromatic nitrogens is 2. The topological polar surface area (TPSA) is 61.4 Å².